The average Bonchev–Trinajstić information content (AvgIpc) is 3.53. The van der Waals surface area contributed by atoms with Crippen molar-refractivity contribution in [1.29, 1.82) is 0 Å². The highest BCUT2D eigenvalue weighted by molar-refractivity contribution is 6.35. The van der Waals surface area contributed by atoms with Crippen LogP contribution in [0.2, 0.25) is 0 Å². The molecule has 2 aromatic carbocycles. The lowest BCUT2D eigenvalue weighted by Gasteiger charge is -2.08. The molecule has 1 aliphatic heterocycles. The summed E-state index contributed by atoms with van der Waals surface area (Å²) in [4.78, 5) is 48.2. The molecule has 2 aromatic heterocycles. The van der Waals surface area contributed by atoms with Crippen LogP contribution < -0.4 is 16.2 Å². The summed E-state index contributed by atoms with van der Waals surface area (Å²) < 4.78 is 42.6. The summed E-state index contributed by atoms with van der Waals surface area (Å²) in [5.41, 5.74) is 1.04. The number of hydrogen-bond acceptors (Lipinski definition) is 5. The summed E-state index contributed by atoms with van der Waals surface area (Å²) in [6, 6.07) is 6.09. The second-order valence-corrected chi connectivity index (χ2v) is 8.55. The fourth-order valence-electron chi connectivity index (χ4n) is 4.03. The first-order valence-electron chi connectivity index (χ1n) is 11.6. The molecule has 0 saturated carbocycles. The Bertz CT molecular complexity index is 1710. The van der Waals surface area contributed by atoms with E-state index in [0.717, 1.165) is 22.9 Å². The van der Waals surface area contributed by atoms with Crippen LogP contribution in [0.1, 0.15) is 32.7 Å². The number of fused-ring (bicyclic) bond motifs is 1. The summed E-state index contributed by atoms with van der Waals surface area (Å²) in [5.74, 6) is -3.80. The van der Waals surface area contributed by atoms with Gasteiger partial charge in [-0.15, -0.1) is 0 Å². The maximum atomic E-state index is 14.9. The standard InChI is InChI=1S/C27H19F3N6O3/c28-20-4-3-16(7-21(20)29)12-36-14-32-11-19(27(36)39)25(37)33-5-1-2-15-6-22(30)24-18(9-17-10-31-13-34-17)26(38)35-23(24)8-15/h1-4,6-11,13-14H,5,12H2,(H,31,34)(H,33,37)(H,35,38)/b2-1+,18-9?. The van der Waals surface area contributed by atoms with Crippen molar-refractivity contribution < 1.29 is 22.8 Å². The van der Waals surface area contributed by atoms with Gasteiger partial charge >= 0.3 is 0 Å². The highest BCUT2D eigenvalue weighted by Crippen LogP contribution is 2.36. The number of H-pyrrole nitrogens is 1. The molecule has 0 fully saturated rings. The molecule has 5 rings (SSSR count). The van der Waals surface area contributed by atoms with Crippen molar-refractivity contribution >= 4 is 35.2 Å². The SMILES string of the molecule is O=C1Nc2cc(/C=C/CNC(=O)c3cncn(Cc4ccc(F)c(F)c4)c3=O)cc(F)c2C1=Cc1cnc[nH]1. The van der Waals surface area contributed by atoms with Crippen LogP contribution in [0.4, 0.5) is 18.9 Å². The summed E-state index contributed by atoms with van der Waals surface area (Å²) >= 11 is 0. The first kappa shape index (κ1) is 25.4. The Kier molecular flexibility index (Phi) is 6.91. The number of imidazole rings is 1. The van der Waals surface area contributed by atoms with Crippen LogP contribution in [0, 0.1) is 17.5 Å². The molecule has 0 spiro atoms. The number of aromatic nitrogens is 4. The molecule has 4 aromatic rings. The molecular weight excluding hydrogens is 513 g/mol. The predicted molar refractivity (Wildman–Crippen MR) is 137 cm³/mol. The quantitative estimate of drug-likeness (QED) is 0.315. The van der Waals surface area contributed by atoms with Gasteiger partial charge in [-0.05, 0) is 41.5 Å². The lowest BCUT2D eigenvalue weighted by molar-refractivity contribution is -0.110. The van der Waals surface area contributed by atoms with Crippen molar-refractivity contribution in [1.82, 2.24) is 24.8 Å². The van der Waals surface area contributed by atoms with Gasteiger partial charge in [0.15, 0.2) is 11.6 Å². The molecule has 1 aliphatic rings. The lowest BCUT2D eigenvalue weighted by atomic mass is 10.0. The van der Waals surface area contributed by atoms with Crippen LogP contribution in [-0.2, 0) is 11.3 Å². The van der Waals surface area contributed by atoms with Crippen molar-refractivity contribution in [2.24, 2.45) is 0 Å². The minimum Gasteiger partial charge on any atom is -0.348 e. The van der Waals surface area contributed by atoms with Gasteiger partial charge < -0.3 is 15.6 Å². The Hall–Kier alpha value is -5.26. The van der Waals surface area contributed by atoms with Crippen molar-refractivity contribution in [3.8, 4) is 0 Å². The highest BCUT2D eigenvalue weighted by atomic mass is 19.2. The Labute approximate surface area is 218 Å². The smallest absolute Gasteiger partial charge is 0.266 e. The number of rotatable bonds is 7. The third-order valence-electron chi connectivity index (χ3n) is 5.87. The summed E-state index contributed by atoms with van der Waals surface area (Å²) in [5, 5.41) is 5.19. The fourth-order valence-corrected chi connectivity index (χ4v) is 4.03. The molecule has 2 amide bonds. The lowest BCUT2D eigenvalue weighted by Crippen LogP contribution is -2.33. The maximum Gasteiger partial charge on any atom is 0.266 e. The third kappa shape index (κ3) is 5.39. The molecule has 39 heavy (non-hydrogen) atoms. The minimum atomic E-state index is -1.05. The van der Waals surface area contributed by atoms with Gasteiger partial charge in [0.2, 0.25) is 0 Å². The average molecular weight is 532 g/mol. The number of aromatic amines is 1. The zero-order valence-electron chi connectivity index (χ0n) is 20.0. The van der Waals surface area contributed by atoms with Gasteiger partial charge in [-0.3, -0.25) is 19.0 Å². The van der Waals surface area contributed by atoms with Crippen LogP contribution in [-0.4, -0.2) is 37.9 Å². The van der Waals surface area contributed by atoms with Crippen molar-refractivity contribution in [2.75, 3.05) is 11.9 Å². The normalized spacial score (nSPS) is 13.6. The Morgan fingerprint density at radius 3 is 2.64 bits per heavy atom. The largest absolute Gasteiger partial charge is 0.348 e. The molecule has 0 unspecified atom stereocenters. The molecule has 9 nitrogen and oxygen atoms in total. The van der Waals surface area contributed by atoms with E-state index in [4.69, 9.17) is 0 Å². The van der Waals surface area contributed by atoms with Crippen molar-refractivity contribution in [2.45, 2.75) is 6.54 Å². The first-order valence-corrected chi connectivity index (χ1v) is 11.6. The number of carbonyl (C=O) groups excluding carboxylic acids is 2. The van der Waals surface area contributed by atoms with Crippen LogP contribution in [0.5, 0.6) is 0 Å². The minimum absolute atomic E-state index is 0.00633. The fraction of sp³-hybridized carbons (Fsp3) is 0.0741. The van der Waals surface area contributed by atoms with E-state index in [1.165, 1.54) is 37.1 Å². The number of nitrogens with one attached hydrogen (secondary N) is 3. The van der Waals surface area contributed by atoms with Gasteiger partial charge in [0.25, 0.3) is 17.4 Å². The summed E-state index contributed by atoms with van der Waals surface area (Å²) in [7, 11) is 0. The van der Waals surface area contributed by atoms with Gasteiger partial charge in [0.05, 0.1) is 42.4 Å². The second-order valence-electron chi connectivity index (χ2n) is 8.55. The summed E-state index contributed by atoms with van der Waals surface area (Å²) in [6.45, 7) is -0.102. The molecule has 12 heteroatoms. The molecule has 0 radical (unpaired) electrons. The van der Waals surface area contributed by atoms with Crippen molar-refractivity contribution in [3.63, 3.8) is 0 Å². The predicted octanol–water partition coefficient (Wildman–Crippen LogP) is 3.37. The van der Waals surface area contributed by atoms with E-state index in [2.05, 4.69) is 25.6 Å². The van der Waals surface area contributed by atoms with E-state index >= 15 is 0 Å². The van der Waals surface area contributed by atoms with Gasteiger partial charge in [0, 0.05) is 18.3 Å². The summed E-state index contributed by atoms with van der Waals surface area (Å²) in [6.07, 6.45) is 9.86. The molecule has 0 bridgehead atoms. The van der Waals surface area contributed by atoms with Crippen LogP contribution in [0.15, 0.2) is 66.3 Å². The van der Waals surface area contributed by atoms with Gasteiger partial charge in [-0.1, -0.05) is 18.2 Å². The second kappa shape index (κ2) is 10.6. The van der Waals surface area contributed by atoms with E-state index in [9.17, 15) is 27.6 Å². The van der Waals surface area contributed by atoms with Crippen LogP contribution >= 0.6 is 0 Å². The van der Waals surface area contributed by atoms with Gasteiger partial charge in [0.1, 0.15) is 11.4 Å². The number of halogens is 3. The molecule has 3 heterocycles. The first-order chi connectivity index (χ1) is 18.8. The third-order valence-corrected chi connectivity index (χ3v) is 5.87. The van der Waals surface area contributed by atoms with Crippen molar-refractivity contribution in [3.05, 3.63) is 117 Å². The Morgan fingerprint density at radius 1 is 1.03 bits per heavy atom. The van der Waals surface area contributed by atoms with E-state index in [1.54, 1.807) is 18.2 Å². The van der Waals surface area contributed by atoms with Gasteiger partial charge in [-0.25, -0.2) is 23.1 Å². The number of carbonyl (C=O) groups is 2. The zero-order chi connectivity index (χ0) is 27.5. The van der Waals surface area contributed by atoms with Crippen LogP contribution in [0.25, 0.3) is 17.7 Å². The number of hydrogen-bond donors (Lipinski definition) is 3. The topological polar surface area (TPSA) is 122 Å². The van der Waals surface area contributed by atoms with E-state index < -0.39 is 34.8 Å². The van der Waals surface area contributed by atoms with Gasteiger partial charge in [-0.2, -0.15) is 0 Å². The van der Waals surface area contributed by atoms with Crippen LogP contribution in [0.3, 0.4) is 0 Å². The number of benzene rings is 2. The maximum absolute atomic E-state index is 14.9. The molecule has 0 atom stereocenters. The number of nitrogens with zero attached hydrogens (tertiary/aromatic N) is 3. The molecule has 196 valence electrons. The zero-order valence-corrected chi connectivity index (χ0v) is 20.0. The monoisotopic (exact) mass is 532 g/mol. The molecule has 0 aliphatic carbocycles. The molecule has 0 saturated heterocycles. The van der Waals surface area contributed by atoms with E-state index in [0.29, 0.717) is 22.5 Å². The molecule has 3 N–H and O–H groups in total. The van der Waals surface area contributed by atoms with E-state index in [1.807, 2.05) is 0 Å². The van der Waals surface area contributed by atoms with E-state index in [-0.39, 0.29) is 29.8 Å². The Morgan fingerprint density at radius 2 is 1.87 bits per heavy atom. The number of anilines is 1. The number of amides is 2. The highest BCUT2D eigenvalue weighted by Gasteiger charge is 2.28. The molecular formula is C27H19F3N6O3. The Balaban J connectivity index is 1.25.